The summed E-state index contributed by atoms with van der Waals surface area (Å²) >= 11 is 0. The van der Waals surface area contributed by atoms with Gasteiger partial charge in [-0.1, -0.05) is 6.07 Å². The molecule has 1 aromatic carbocycles. The summed E-state index contributed by atoms with van der Waals surface area (Å²) < 4.78 is 18.3. The number of amides is 1. The van der Waals surface area contributed by atoms with Crippen LogP contribution in [0.5, 0.6) is 11.5 Å². The summed E-state index contributed by atoms with van der Waals surface area (Å²) in [7, 11) is 3.62. The number of carbonyl (C=O) groups is 1. The predicted molar refractivity (Wildman–Crippen MR) is 110 cm³/mol. The third-order valence-corrected chi connectivity index (χ3v) is 5.64. The van der Waals surface area contributed by atoms with E-state index in [9.17, 15) is 4.79 Å². The molecule has 0 spiro atoms. The van der Waals surface area contributed by atoms with Crippen LogP contribution in [-0.2, 0) is 22.0 Å². The van der Waals surface area contributed by atoms with E-state index in [0.29, 0.717) is 19.8 Å². The number of aryl methyl sites for hydroxylation is 1. The highest BCUT2D eigenvalue weighted by molar-refractivity contribution is 5.85. The fraction of sp³-hybridized carbons (Fsp3) is 0.500. The van der Waals surface area contributed by atoms with Crippen LogP contribution in [0.4, 0.5) is 0 Å². The Hall–Kier alpha value is -2.29. The molecule has 2 aromatic rings. The van der Waals surface area contributed by atoms with Crippen LogP contribution in [0.1, 0.15) is 30.0 Å². The average molecular weight is 423 g/mol. The number of halogens is 1. The Labute approximate surface area is 176 Å². The Morgan fingerprint density at radius 2 is 2.03 bits per heavy atom. The number of ether oxygens (including phenoxy) is 3. The molecule has 3 heterocycles. The standard InChI is InChI=1S/C20H26N4O4.ClH/c1-21-18(14-10-23-24(2)11-14)19(25)22-12-20(5-7-26-8-6-20)15-3-4-16-17(9-15)28-13-27-16;/h3-4,9-11,18,21H,5-8,12-13H2,1-2H3,(H,22,25);1H. The van der Waals surface area contributed by atoms with Crippen molar-refractivity contribution in [2.45, 2.75) is 24.3 Å². The van der Waals surface area contributed by atoms with Gasteiger partial charge in [-0.05, 0) is 37.6 Å². The second-order valence-electron chi connectivity index (χ2n) is 7.35. The molecule has 0 radical (unpaired) electrons. The number of nitrogens with zero attached hydrogens (tertiary/aromatic N) is 2. The van der Waals surface area contributed by atoms with Gasteiger partial charge in [0, 0.05) is 44.0 Å². The first-order valence-corrected chi connectivity index (χ1v) is 9.53. The first kappa shape index (κ1) is 21.4. The molecule has 4 rings (SSSR count). The van der Waals surface area contributed by atoms with Gasteiger partial charge in [0.25, 0.3) is 0 Å². The molecule has 0 bridgehead atoms. The zero-order chi connectivity index (χ0) is 19.6. The third-order valence-electron chi connectivity index (χ3n) is 5.64. The van der Waals surface area contributed by atoms with Crippen LogP contribution in [0.25, 0.3) is 0 Å². The largest absolute Gasteiger partial charge is 0.454 e. The van der Waals surface area contributed by atoms with E-state index in [1.165, 1.54) is 0 Å². The first-order chi connectivity index (χ1) is 13.6. The summed E-state index contributed by atoms with van der Waals surface area (Å²) in [6.45, 7) is 2.12. The van der Waals surface area contributed by atoms with Gasteiger partial charge in [-0.25, -0.2) is 0 Å². The summed E-state index contributed by atoms with van der Waals surface area (Å²) in [4.78, 5) is 12.9. The fourth-order valence-electron chi connectivity index (χ4n) is 3.95. The molecular formula is C20H27ClN4O4. The van der Waals surface area contributed by atoms with E-state index in [1.807, 2.05) is 25.4 Å². The van der Waals surface area contributed by atoms with Crippen molar-refractivity contribution >= 4 is 18.3 Å². The maximum absolute atomic E-state index is 12.9. The lowest BCUT2D eigenvalue weighted by Crippen LogP contribution is -2.47. The van der Waals surface area contributed by atoms with E-state index in [-0.39, 0.29) is 30.5 Å². The number of aromatic nitrogens is 2. The summed E-state index contributed by atoms with van der Waals surface area (Å²) in [5.74, 6) is 1.46. The Bertz CT molecular complexity index is 851. The van der Waals surface area contributed by atoms with Crippen LogP contribution >= 0.6 is 12.4 Å². The molecule has 0 saturated carbocycles. The van der Waals surface area contributed by atoms with E-state index in [1.54, 1.807) is 17.9 Å². The number of rotatable bonds is 6. The van der Waals surface area contributed by atoms with Crippen molar-refractivity contribution in [3.8, 4) is 11.5 Å². The summed E-state index contributed by atoms with van der Waals surface area (Å²) in [6.07, 6.45) is 5.24. The zero-order valence-electron chi connectivity index (χ0n) is 16.6. The van der Waals surface area contributed by atoms with Crippen molar-refractivity contribution in [2.75, 3.05) is 33.6 Å². The number of hydrogen-bond acceptors (Lipinski definition) is 6. The third kappa shape index (κ3) is 4.34. The monoisotopic (exact) mass is 422 g/mol. The van der Waals surface area contributed by atoms with Gasteiger partial charge in [-0.3, -0.25) is 9.48 Å². The van der Waals surface area contributed by atoms with Gasteiger partial charge < -0.3 is 24.8 Å². The van der Waals surface area contributed by atoms with Crippen LogP contribution < -0.4 is 20.1 Å². The maximum atomic E-state index is 12.9. The quantitative estimate of drug-likeness (QED) is 0.736. The summed E-state index contributed by atoms with van der Waals surface area (Å²) in [6, 6.07) is 5.61. The van der Waals surface area contributed by atoms with Crippen molar-refractivity contribution < 1.29 is 19.0 Å². The van der Waals surface area contributed by atoms with Gasteiger partial charge in [0.15, 0.2) is 11.5 Å². The lowest BCUT2D eigenvalue weighted by molar-refractivity contribution is -0.123. The molecule has 1 amide bonds. The van der Waals surface area contributed by atoms with Gasteiger partial charge in [-0.15, -0.1) is 12.4 Å². The van der Waals surface area contributed by atoms with Crippen molar-refractivity contribution in [3.05, 3.63) is 41.7 Å². The molecule has 2 aliphatic rings. The van der Waals surface area contributed by atoms with E-state index in [0.717, 1.165) is 35.5 Å². The SMILES string of the molecule is CNC(C(=O)NCC1(c2ccc3c(c2)OCO3)CCOCC1)c1cnn(C)c1.Cl. The first-order valence-electron chi connectivity index (χ1n) is 9.53. The van der Waals surface area contributed by atoms with Crippen LogP contribution in [0.15, 0.2) is 30.6 Å². The summed E-state index contributed by atoms with van der Waals surface area (Å²) in [5.41, 5.74) is 1.79. The lowest BCUT2D eigenvalue weighted by Gasteiger charge is -2.38. The Balaban J connectivity index is 0.00000240. The van der Waals surface area contributed by atoms with Gasteiger partial charge in [0.05, 0.1) is 6.20 Å². The minimum atomic E-state index is -0.442. The minimum Gasteiger partial charge on any atom is -0.454 e. The van der Waals surface area contributed by atoms with Gasteiger partial charge in [0.2, 0.25) is 12.7 Å². The second-order valence-corrected chi connectivity index (χ2v) is 7.35. The highest BCUT2D eigenvalue weighted by Gasteiger charge is 2.36. The highest BCUT2D eigenvalue weighted by atomic mass is 35.5. The van der Waals surface area contributed by atoms with Crippen molar-refractivity contribution in [2.24, 2.45) is 7.05 Å². The average Bonchev–Trinajstić information content (AvgIpc) is 3.36. The van der Waals surface area contributed by atoms with Gasteiger partial charge in [-0.2, -0.15) is 5.10 Å². The molecule has 29 heavy (non-hydrogen) atoms. The van der Waals surface area contributed by atoms with Gasteiger partial charge in [0.1, 0.15) is 6.04 Å². The number of hydrogen-bond donors (Lipinski definition) is 2. The lowest BCUT2D eigenvalue weighted by atomic mass is 9.74. The molecule has 0 aliphatic carbocycles. The van der Waals surface area contributed by atoms with E-state index >= 15 is 0 Å². The molecule has 158 valence electrons. The normalized spacial score (nSPS) is 18.0. The van der Waals surface area contributed by atoms with Crippen LogP contribution in [-0.4, -0.2) is 49.3 Å². The van der Waals surface area contributed by atoms with Crippen molar-refractivity contribution in [1.82, 2.24) is 20.4 Å². The molecular weight excluding hydrogens is 396 g/mol. The molecule has 2 N–H and O–H groups in total. The van der Waals surface area contributed by atoms with E-state index in [2.05, 4.69) is 21.8 Å². The Morgan fingerprint density at radius 1 is 1.28 bits per heavy atom. The topological polar surface area (TPSA) is 86.6 Å². The smallest absolute Gasteiger partial charge is 0.241 e. The van der Waals surface area contributed by atoms with Crippen LogP contribution in [0.2, 0.25) is 0 Å². The highest BCUT2D eigenvalue weighted by Crippen LogP contribution is 2.40. The second kappa shape index (κ2) is 9.02. The van der Waals surface area contributed by atoms with E-state index < -0.39 is 6.04 Å². The van der Waals surface area contributed by atoms with Gasteiger partial charge >= 0.3 is 0 Å². The number of nitrogens with one attached hydrogen (secondary N) is 2. The molecule has 2 aliphatic heterocycles. The number of fused-ring (bicyclic) bond motifs is 1. The van der Waals surface area contributed by atoms with Crippen LogP contribution in [0.3, 0.4) is 0 Å². The fourth-order valence-corrected chi connectivity index (χ4v) is 3.95. The van der Waals surface area contributed by atoms with Crippen molar-refractivity contribution in [1.29, 1.82) is 0 Å². The molecule has 1 saturated heterocycles. The number of carbonyl (C=O) groups excluding carboxylic acids is 1. The minimum absolute atomic E-state index is 0. The van der Waals surface area contributed by atoms with Crippen LogP contribution in [0, 0.1) is 0 Å². The molecule has 9 heteroatoms. The Kier molecular flexibility index (Phi) is 6.66. The predicted octanol–water partition coefficient (Wildman–Crippen LogP) is 1.70. The summed E-state index contributed by atoms with van der Waals surface area (Å²) in [5, 5.41) is 10.4. The number of benzene rings is 1. The molecule has 1 unspecified atom stereocenters. The van der Waals surface area contributed by atoms with Crippen molar-refractivity contribution in [3.63, 3.8) is 0 Å². The molecule has 1 atom stereocenters. The van der Waals surface area contributed by atoms with E-state index in [4.69, 9.17) is 14.2 Å². The maximum Gasteiger partial charge on any atom is 0.241 e. The molecule has 8 nitrogen and oxygen atoms in total. The molecule has 1 aromatic heterocycles. The number of likely N-dealkylation sites (N-methyl/N-ethyl adjacent to an activating group) is 1. The Morgan fingerprint density at radius 3 is 2.72 bits per heavy atom. The zero-order valence-corrected chi connectivity index (χ0v) is 17.5. The molecule has 1 fully saturated rings.